The maximum absolute atomic E-state index is 9.96. The van der Waals surface area contributed by atoms with Gasteiger partial charge in [-0.3, -0.25) is 34.3 Å². The Morgan fingerprint density at radius 2 is 0.653 bits per heavy atom. The van der Waals surface area contributed by atoms with Crippen LogP contribution in [0.5, 0.6) is 0 Å². The van der Waals surface area contributed by atoms with Crippen LogP contribution in [-0.2, 0) is 28.5 Å². The van der Waals surface area contributed by atoms with Gasteiger partial charge in [-0.15, -0.1) is 25.5 Å². The first-order chi connectivity index (χ1) is 61.1. The van der Waals surface area contributed by atoms with Gasteiger partial charge in [-0.05, 0) is 61.5 Å². The zero-order valence-corrected chi connectivity index (χ0v) is 86.9. The number of aromatic amines is 1. The second-order valence-corrected chi connectivity index (χ2v) is 12.6. The Morgan fingerprint density at radius 1 is 0.315 bits per heavy atom. The molecule has 0 fully saturated rings. The molecule has 4 aliphatic heterocycles. The lowest BCUT2D eigenvalue weighted by molar-refractivity contribution is -0.114. The predicted octanol–water partition coefficient (Wildman–Crippen LogP) is 24.6. The summed E-state index contributed by atoms with van der Waals surface area (Å²) in [6.07, 6.45) is 45.5. The molecule has 9 aromatic rings. The molecule has 0 unspecified atom stereocenters. The van der Waals surface area contributed by atoms with Crippen molar-refractivity contribution in [3.05, 3.63) is 208 Å². The Bertz CT molecular complexity index is 2600. The molecular weight excluding hydrogens is 1570 g/mol. The molecule has 0 spiro atoms. The number of aromatic nitrogens is 21. The van der Waals surface area contributed by atoms with Crippen LogP contribution >= 0.6 is 0 Å². The largest absolute Gasteiger partial charge is 0.417 e. The van der Waals surface area contributed by atoms with Crippen LogP contribution in [0.1, 0.15) is 316 Å². The van der Waals surface area contributed by atoms with Gasteiger partial charge in [-0.2, -0.15) is 35.1 Å². The average Bonchev–Trinajstić information content (AvgIpc) is 1.83. The topological polar surface area (TPSA) is 430 Å². The number of amides is 5. The van der Waals surface area contributed by atoms with Crippen LogP contribution in [0.4, 0.5) is 4.79 Å². The molecule has 33 nitrogen and oxygen atoms in total. The molecular formula is C91H181N27O6. The number of hydrogen-bond donors (Lipinski definition) is 1. The fourth-order valence-corrected chi connectivity index (χ4v) is 3.45. The van der Waals surface area contributed by atoms with Crippen molar-refractivity contribution in [1.82, 2.24) is 105 Å². The molecule has 0 aliphatic carbocycles. The smallest absolute Gasteiger partial charge is 0.416 e. The summed E-state index contributed by atoms with van der Waals surface area (Å²) >= 11 is 0. The van der Waals surface area contributed by atoms with E-state index in [1.165, 1.54) is 105 Å². The molecule has 13 heterocycles. The third kappa shape index (κ3) is 215. The third-order valence-corrected chi connectivity index (χ3v) is 6.73. The van der Waals surface area contributed by atoms with E-state index < -0.39 is 11.8 Å². The lowest BCUT2D eigenvalue weighted by Gasteiger charge is -1.84. The molecule has 5 amide bonds. The first-order valence-electron chi connectivity index (χ1n) is 44.0. The zero-order chi connectivity index (χ0) is 102. The Kier molecular flexibility index (Phi) is 311. The second-order valence-electron chi connectivity index (χ2n) is 12.6. The number of aryl methyl sites for hydroxylation is 4. The summed E-state index contributed by atoms with van der Waals surface area (Å²) in [7, 11) is 3.65. The van der Waals surface area contributed by atoms with Crippen LogP contribution in [-0.4, -0.2) is 166 Å². The van der Waals surface area contributed by atoms with E-state index in [1.807, 2.05) is 354 Å². The Balaban J connectivity index is -0.0000000438. The van der Waals surface area contributed by atoms with Crippen molar-refractivity contribution in [3.8, 4) is 0 Å². The number of rotatable bonds is 0. The van der Waals surface area contributed by atoms with E-state index in [2.05, 4.69) is 130 Å². The zero-order valence-electron chi connectivity index (χ0n) is 86.9. The standard InChI is InChI=1S/C5H5N.C4H7N3.3C4H4N2.2C4H3NO.C3H6N4.2C3H3N3.2C3H2N2O.C3H3NO2.22C2H6/c1-2-4-6-5-3-1;1-4-6-5-3-7(4)2;1-2-6-4-3-5-1;1-2-5-4-6-3-1;1-2-4-6-5-3-1;2*6-4-2-1-3-5-4;1-3-4-6-7(2)5-3;1-4-2-6-3-5-1;1-2-5-6-3-4-1;6-3-1-4-2-5-3;6-3-4-1-2-5-3;5-3-4-1-2-6-3;22*1-2/h1-5H;3H,1-2H3;3*1-4H;2*1-3H;1-2H3;2*1-3H;2*1-2H;1-2H,(H,4,5);22*1-2H3. The van der Waals surface area contributed by atoms with Gasteiger partial charge in [0.05, 0.1) is 31.9 Å². The van der Waals surface area contributed by atoms with Gasteiger partial charge in [0.25, 0.3) is 17.7 Å². The Hall–Kier alpha value is -12.2. The minimum atomic E-state index is -0.407. The number of H-pyrrole nitrogens is 1. The van der Waals surface area contributed by atoms with Crippen LogP contribution in [0.2, 0.25) is 0 Å². The number of aliphatic imine (C=N–C) groups is 6. The number of carbonyl (C=O) groups is 4. The molecule has 0 atom stereocenters. The third-order valence-electron chi connectivity index (χ3n) is 6.73. The quantitative estimate of drug-likeness (QED) is 0.147. The Labute approximate surface area is 756 Å². The first-order valence-corrected chi connectivity index (χ1v) is 44.0. The fraction of sp³-hybridized carbons (Fsp3) is 0.527. The van der Waals surface area contributed by atoms with Gasteiger partial charge < -0.3 is 8.98 Å². The van der Waals surface area contributed by atoms with Crippen molar-refractivity contribution in [3.63, 3.8) is 0 Å². The number of oxazole rings is 1. The van der Waals surface area contributed by atoms with E-state index in [9.17, 15) is 24.0 Å². The van der Waals surface area contributed by atoms with Crippen LogP contribution < -0.4 is 5.76 Å². The number of tetrazole rings is 1. The highest BCUT2D eigenvalue weighted by Crippen LogP contribution is 1.85. The van der Waals surface area contributed by atoms with Crippen molar-refractivity contribution >= 4 is 61.2 Å². The molecule has 0 radical (unpaired) electrons. The van der Waals surface area contributed by atoms with Gasteiger partial charge in [0.2, 0.25) is 0 Å². The molecule has 13 rings (SSSR count). The highest BCUT2D eigenvalue weighted by molar-refractivity contribution is 6.32. The van der Waals surface area contributed by atoms with Gasteiger partial charge in [0.15, 0.2) is 5.82 Å². The minimum absolute atomic E-state index is 0.157. The lowest BCUT2D eigenvalue weighted by atomic mass is 10.5. The lowest BCUT2D eigenvalue weighted by Crippen LogP contribution is -1.91. The molecule has 0 bridgehead atoms. The monoisotopic (exact) mass is 1750 g/mol. The molecule has 0 saturated carbocycles. The molecule has 716 valence electrons. The van der Waals surface area contributed by atoms with Crippen LogP contribution in [0.25, 0.3) is 0 Å². The van der Waals surface area contributed by atoms with Crippen LogP contribution in [0, 0.1) is 13.8 Å². The van der Waals surface area contributed by atoms with Gasteiger partial charge in [0, 0.05) is 106 Å². The minimum Gasteiger partial charge on any atom is -0.417 e. The number of carbonyl (C=O) groups excluding carboxylic acids is 4. The number of hydrogen-bond acceptors (Lipinski definition) is 25. The fourth-order valence-electron chi connectivity index (χ4n) is 3.45. The number of nitrogens with zero attached hydrogens (tertiary/aromatic N) is 26. The maximum Gasteiger partial charge on any atom is 0.416 e. The SMILES string of the molecule is CC.CC.CC.CC.CC.CC.CC.CC.CC.CC.CC.CC.CC.CC.CC.CC.CC.CC.CC.CC.CC.CC.Cc1nncn1C.Cc1nnn(C)n1.O=C1C=CC=N1.O=C1C=CC=N1.O=C1C=NC=N1.O=C1N=CC=N1.O=c1[nH]cco1.c1ccncc1.c1ccnnc1.c1cnccn1.c1cncnc1.c1cnncn1.c1ncncn1. The molecule has 4 aliphatic rings. The van der Waals surface area contributed by atoms with E-state index in [0.29, 0.717) is 5.82 Å². The molecule has 0 saturated heterocycles. The van der Waals surface area contributed by atoms with Gasteiger partial charge in [0.1, 0.15) is 56.4 Å². The summed E-state index contributed by atoms with van der Waals surface area (Å²) in [6.45, 7) is 91.7. The second kappa shape index (κ2) is 226. The van der Waals surface area contributed by atoms with Crippen molar-refractivity contribution in [1.29, 1.82) is 0 Å². The summed E-state index contributed by atoms with van der Waals surface area (Å²) in [5.41, 5.74) is 0. The predicted molar refractivity (Wildman–Crippen MR) is 538 cm³/mol. The van der Waals surface area contributed by atoms with Crippen LogP contribution in [0.3, 0.4) is 0 Å². The maximum atomic E-state index is 9.96. The molecule has 124 heavy (non-hydrogen) atoms. The van der Waals surface area contributed by atoms with E-state index in [4.69, 9.17) is 0 Å². The highest BCUT2D eigenvalue weighted by Gasteiger charge is 1.93. The van der Waals surface area contributed by atoms with Gasteiger partial charge in [-0.1, -0.05) is 311 Å². The summed E-state index contributed by atoms with van der Waals surface area (Å²) in [5.74, 6) is 0.664. The van der Waals surface area contributed by atoms with E-state index in [1.54, 1.807) is 107 Å². The summed E-state index contributed by atoms with van der Waals surface area (Å²) in [5, 5.41) is 32.3. The highest BCUT2D eigenvalue weighted by atomic mass is 16.4. The molecule has 1 N–H and O–H groups in total. The molecule has 9 aromatic heterocycles. The number of pyridine rings is 1. The molecule has 33 heteroatoms. The number of urea groups is 1. The van der Waals surface area contributed by atoms with E-state index in [0.717, 1.165) is 5.82 Å². The van der Waals surface area contributed by atoms with E-state index >= 15 is 0 Å². The molecule has 0 aromatic carbocycles. The number of nitrogens with one attached hydrogen (secondary N) is 1. The summed E-state index contributed by atoms with van der Waals surface area (Å²) in [6, 6.07) is 10.7. The van der Waals surface area contributed by atoms with Crippen LogP contribution in [0.15, 0.2) is 225 Å². The first kappa shape index (κ1) is 170. The number of allylic oxidation sites excluding steroid dienone is 2. The van der Waals surface area contributed by atoms with Crippen molar-refractivity contribution in [2.75, 3.05) is 0 Å². The average molecular weight is 1750 g/mol. The van der Waals surface area contributed by atoms with Crippen molar-refractivity contribution in [2.45, 2.75) is 318 Å². The van der Waals surface area contributed by atoms with Gasteiger partial charge >= 0.3 is 11.8 Å². The van der Waals surface area contributed by atoms with Gasteiger partial charge in [-0.25, -0.2) is 54.5 Å². The van der Waals surface area contributed by atoms with Crippen molar-refractivity contribution < 1.29 is 23.6 Å². The normalized spacial score (nSPS) is 8.16. The van der Waals surface area contributed by atoms with E-state index in [-0.39, 0.29) is 17.7 Å². The Morgan fingerprint density at radius 3 is 0.750 bits per heavy atom. The summed E-state index contributed by atoms with van der Waals surface area (Å²) < 4.78 is 6.08. The van der Waals surface area contributed by atoms with Crippen molar-refractivity contribution in [2.24, 2.45) is 44.0 Å². The summed E-state index contributed by atoms with van der Waals surface area (Å²) in [4.78, 5) is 106.